The molecule has 1 aliphatic heterocycles. The van der Waals surface area contributed by atoms with Gasteiger partial charge in [-0.2, -0.15) is 0 Å². The molecule has 1 unspecified atom stereocenters. The van der Waals surface area contributed by atoms with Crippen molar-refractivity contribution in [2.75, 3.05) is 25.0 Å². The van der Waals surface area contributed by atoms with Gasteiger partial charge in [-0.05, 0) is 64.2 Å². The Morgan fingerprint density at radius 1 is 1.23 bits per heavy atom. The highest BCUT2D eigenvalue weighted by Crippen LogP contribution is 2.52. The van der Waals surface area contributed by atoms with Crippen molar-refractivity contribution in [3.05, 3.63) is 41.5 Å². The third-order valence-corrected chi connectivity index (χ3v) is 5.85. The highest BCUT2D eigenvalue weighted by Gasteiger charge is 2.57. The fourth-order valence-corrected chi connectivity index (χ4v) is 4.10. The number of amides is 1. The van der Waals surface area contributed by atoms with Crippen LogP contribution < -0.4 is 10.1 Å². The molecule has 0 bridgehead atoms. The first-order chi connectivity index (χ1) is 14.6. The molecule has 2 aromatic rings. The minimum atomic E-state index is -0.482. The van der Waals surface area contributed by atoms with Gasteiger partial charge in [-0.1, -0.05) is 6.07 Å². The molecule has 8 heteroatoms. The van der Waals surface area contributed by atoms with Gasteiger partial charge < -0.3 is 19.7 Å². The van der Waals surface area contributed by atoms with Gasteiger partial charge in [0, 0.05) is 19.0 Å². The van der Waals surface area contributed by atoms with E-state index >= 15 is 0 Å². The monoisotopic (exact) mass is 428 g/mol. The highest BCUT2D eigenvalue weighted by atomic mass is 19.1. The molecular formula is C23H29FN4O3. The van der Waals surface area contributed by atoms with Crippen LogP contribution in [0.5, 0.6) is 5.88 Å². The van der Waals surface area contributed by atoms with Crippen LogP contribution in [0.3, 0.4) is 0 Å². The summed E-state index contributed by atoms with van der Waals surface area (Å²) in [6.07, 6.45) is 1.17. The molecule has 1 N–H and O–H groups in total. The number of carbonyl (C=O) groups is 1. The van der Waals surface area contributed by atoms with Crippen LogP contribution in [0.2, 0.25) is 0 Å². The molecule has 1 saturated carbocycles. The quantitative estimate of drug-likeness (QED) is 0.757. The molecule has 4 rings (SSSR count). The number of nitrogens with zero attached hydrogens (tertiary/aromatic N) is 3. The Hall–Kier alpha value is -2.90. The van der Waals surface area contributed by atoms with Gasteiger partial charge in [0.25, 0.3) is 0 Å². The van der Waals surface area contributed by atoms with Crippen molar-refractivity contribution in [2.24, 2.45) is 17.8 Å². The zero-order valence-corrected chi connectivity index (χ0v) is 18.6. The zero-order valence-electron chi connectivity index (χ0n) is 18.6. The van der Waals surface area contributed by atoms with Gasteiger partial charge in [-0.15, -0.1) is 0 Å². The standard InChI is InChI=1S/C23H29FN4O3/c1-13-6-7-19(18(24)8-13)27-20-14(2)21(26-12-25-20)30-11-17-15-9-28(10-16(15)17)22(29)31-23(3,4)5/h6-8,12,15-17H,9-11H2,1-5H3,(H,25,26,27)/t15-,16+,17?. The average Bonchev–Trinajstić information content (AvgIpc) is 3.12. The molecular weight excluding hydrogens is 399 g/mol. The van der Waals surface area contributed by atoms with Gasteiger partial charge >= 0.3 is 6.09 Å². The van der Waals surface area contributed by atoms with E-state index in [-0.39, 0.29) is 11.9 Å². The SMILES string of the molecule is Cc1ccc(Nc2ncnc(OCC3[C@H]4CN(C(=O)OC(C)(C)C)C[C@@H]34)c2C)c(F)c1. The summed E-state index contributed by atoms with van der Waals surface area (Å²) in [5, 5.41) is 3.02. The van der Waals surface area contributed by atoms with Crippen molar-refractivity contribution in [1.82, 2.24) is 14.9 Å². The number of aryl methyl sites for hydroxylation is 1. The number of nitrogens with one attached hydrogen (secondary N) is 1. The van der Waals surface area contributed by atoms with Crippen LogP contribution in [0.4, 0.5) is 20.7 Å². The lowest BCUT2D eigenvalue weighted by atomic mass is 10.2. The fraction of sp³-hybridized carbons (Fsp3) is 0.522. The van der Waals surface area contributed by atoms with E-state index in [1.165, 1.54) is 12.4 Å². The lowest BCUT2D eigenvalue weighted by Crippen LogP contribution is -2.37. The van der Waals surface area contributed by atoms with Gasteiger partial charge in [-0.3, -0.25) is 0 Å². The normalized spacial score (nSPS) is 22.1. The van der Waals surface area contributed by atoms with E-state index in [9.17, 15) is 9.18 Å². The van der Waals surface area contributed by atoms with Crippen molar-refractivity contribution in [2.45, 2.75) is 40.2 Å². The summed E-state index contributed by atoms with van der Waals surface area (Å²) in [7, 11) is 0. The molecule has 2 heterocycles. The van der Waals surface area contributed by atoms with E-state index in [0.29, 0.717) is 54.8 Å². The van der Waals surface area contributed by atoms with Crippen LogP contribution in [0.1, 0.15) is 31.9 Å². The summed E-state index contributed by atoms with van der Waals surface area (Å²) in [5.41, 5.74) is 1.46. The number of carbonyl (C=O) groups excluding carboxylic acids is 1. The second kappa shape index (κ2) is 7.98. The average molecular weight is 429 g/mol. The van der Waals surface area contributed by atoms with E-state index in [2.05, 4.69) is 15.3 Å². The van der Waals surface area contributed by atoms with Crippen molar-refractivity contribution in [1.29, 1.82) is 0 Å². The third kappa shape index (κ3) is 4.73. The Kier molecular flexibility index (Phi) is 5.49. The minimum Gasteiger partial charge on any atom is -0.477 e. The van der Waals surface area contributed by atoms with Crippen molar-refractivity contribution >= 4 is 17.6 Å². The number of likely N-dealkylation sites (tertiary alicyclic amines) is 1. The first-order valence-electron chi connectivity index (χ1n) is 10.6. The number of rotatable bonds is 5. The molecule has 0 spiro atoms. The Bertz CT molecular complexity index is 979. The molecule has 1 amide bonds. The van der Waals surface area contributed by atoms with Gasteiger partial charge in [0.1, 0.15) is 23.6 Å². The maximum absolute atomic E-state index is 14.2. The Labute approximate surface area is 182 Å². The molecule has 2 aliphatic rings. The van der Waals surface area contributed by atoms with E-state index < -0.39 is 5.60 Å². The summed E-state index contributed by atoms with van der Waals surface area (Å²) < 4.78 is 25.6. The topological polar surface area (TPSA) is 76.6 Å². The predicted molar refractivity (Wildman–Crippen MR) is 115 cm³/mol. The number of halogens is 1. The van der Waals surface area contributed by atoms with E-state index in [4.69, 9.17) is 9.47 Å². The number of benzene rings is 1. The molecule has 166 valence electrons. The van der Waals surface area contributed by atoms with Crippen LogP contribution in [0.15, 0.2) is 24.5 Å². The summed E-state index contributed by atoms with van der Waals surface area (Å²) in [6, 6.07) is 5.00. The lowest BCUT2D eigenvalue weighted by Gasteiger charge is -2.25. The first-order valence-corrected chi connectivity index (χ1v) is 10.6. The Morgan fingerprint density at radius 2 is 1.94 bits per heavy atom. The van der Waals surface area contributed by atoms with Crippen molar-refractivity contribution in [3.8, 4) is 5.88 Å². The second-order valence-corrected chi connectivity index (χ2v) is 9.45. The molecule has 3 atom stereocenters. The smallest absolute Gasteiger partial charge is 0.410 e. The van der Waals surface area contributed by atoms with Crippen LogP contribution in [-0.4, -0.2) is 46.3 Å². The third-order valence-electron chi connectivity index (χ3n) is 5.85. The summed E-state index contributed by atoms with van der Waals surface area (Å²) in [5.74, 6) is 1.95. The predicted octanol–water partition coefficient (Wildman–Crippen LogP) is 4.47. The number of aromatic nitrogens is 2. The Balaban J connectivity index is 1.32. The number of anilines is 2. The summed E-state index contributed by atoms with van der Waals surface area (Å²) in [4.78, 5) is 22.5. The number of ether oxygens (including phenoxy) is 2. The van der Waals surface area contributed by atoms with Crippen molar-refractivity contribution < 1.29 is 18.7 Å². The molecule has 7 nitrogen and oxygen atoms in total. The molecule has 2 fully saturated rings. The van der Waals surface area contributed by atoms with Gasteiger partial charge in [0.05, 0.1) is 17.9 Å². The van der Waals surface area contributed by atoms with Crippen LogP contribution >= 0.6 is 0 Å². The number of fused-ring (bicyclic) bond motifs is 1. The fourth-order valence-electron chi connectivity index (χ4n) is 4.10. The molecule has 0 radical (unpaired) electrons. The van der Waals surface area contributed by atoms with Crippen LogP contribution in [0, 0.1) is 37.4 Å². The number of hydrogen-bond acceptors (Lipinski definition) is 6. The van der Waals surface area contributed by atoms with E-state index in [1.807, 2.05) is 40.7 Å². The molecule has 31 heavy (non-hydrogen) atoms. The van der Waals surface area contributed by atoms with Gasteiger partial charge in [0.15, 0.2) is 0 Å². The zero-order chi connectivity index (χ0) is 22.3. The minimum absolute atomic E-state index is 0.245. The summed E-state index contributed by atoms with van der Waals surface area (Å²) in [6.45, 7) is 11.3. The van der Waals surface area contributed by atoms with Crippen LogP contribution in [0.25, 0.3) is 0 Å². The largest absolute Gasteiger partial charge is 0.477 e. The second-order valence-electron chi connectivity index (χ2n) is 9.45. The molecule has 1 aromatic carbocycles. The maximum Gasteiger partial charge on any atom is 0.410 e. The Morgan fingerprint density at radius 3 is 2.58 bits per heavy atom. The van der Waals surface area contributed by atoms with E-state index in [1.54, 1.807) is 11.0 Å². The van der Waals surface area contributed by atoms with E-state index in [0.717, 1.165) is 11.1 Å². The maximum atomic E-state index is 14.2. The number of piperidine rings is 1. The molecule has 1 aliphatic carbocycles. The van der Waals surface area contributed by atoms with Gasteiger partial charge in [0.2, 0.25) is 5.88 Å². The van der Waals surface area contributed by atoms with Crippen LogP contribution in [-0.2, 0) is 4.74 Å². The van der Waals surface area contributed by atoms with Crippen molar-refractivity contribution in [3.63, 3.8) is 0 Å². The molecule has 1 aromatic heterocycles. The first kappa shape index (κ1) is 21.3. The highest BCUT2D eigenvalue weighted by molar-refractivity contribution is 5.69. The number of hydrogen-bond donors (Lipinski definition) is 1. The summed E-state index contributed by atoms with van der Waals surface area (Å²) >= 11 is 0. The molecule has 1 saturated heterocycles. The van der Waals surface area contributed by atoms with Gasteiger partial charge in [-0.25, -0.2) is 19.2 Å². The lowest BCUT2D eigenvalue weighted by molar-refractivity contribution is 0.0260.